The molecule has 0 aromatic carbocycles. The number of rotatable bonds is 17. The molecule has 0 atom stereocenters. The van der Waals surface area contributed by atoms with Gasteiger partial charge in [-0.15, -0.1) is 0 Å². The Kier molecular flexibility index (Phi) is 14.0. The van der Waals surface area contributed by atoms with Crippen LogP contribution in [0, 0.1) is 0 Å². The van der Waals surface area contributed by atoms with Crippen LogP contribution in [0.4, 0.5) is 0 Å². The largest absolute Gasteiger partial charge is 0.381 e. The van der Waals surface area contributed by atoms with Crippen molar-refractivity contribution < 1.29 is 13.7 Å². The normalized spacial score (nSPS) is 12.8. The highest BCUT2D eigenvalue weighted by Crippen LogP contribution is 2.08. The molecule has 0 aromatic rings. The summed E-state index contributed by atoms with van der Waals surface area (Å²) in [4.78, 5) is 0. The molecule has 0 radical (unpaired) electrons. The Hall–Kier alpha value is -0.120. The fourth-order valence-corrected chi connectivity index (χ4v) is 3.12. The van der Waals surface area contributed by atoms with Crippen molar-refractivity contribution in [3.8, 4) is 0 Å². The molecule has 0 aliphatic carbocycles. The second kappa shape index (κ2) is 14.1. The van der Waals surface area contributed by atoms with Crippen molar-refractivity contribution in [1.82, 2.24) is 0 Å². The van der Waals surface area contributed by atoms with Gasteiger partial charge in [-0.05, 0) is 6.42 Å². The van der Waals surface area contributed by atoms with Gasteiger partial charge in [0.25, 0.3) is 0 Å². The minimum Gasteiger partial charge on any atom is -0.381 e. The van der Waals surface area contributed by atoms with E-state index >= 15 is 0 Å². The molecule has 0 fully saturated rings. The molecule has 146 valence electrons. The molecule has 24 heavy (non-hydrogen) atoms. The number of unbranched alkanes of at least 4 members (excludes halogenated alkanes) is 7. The number of hydrogen-bond donors (Lipinski definition) is 0. The average molecular weight is 345 g/mol. The Morgan fingerprint density at radius 3 is 1.62 bits per heavy atom. The topological polar surface area (TPSA) is 9.23 Å². The van der Waals surface area contributed by atoms with Crippen LogP contribution < -0.4 is 0 Å². The van der Waals surface area contributed by atoms with Crippen LogP contribution in [0.1, 0.15) is 71.1 Å². The van der Waals surface area contributed by atoms with Crippen molar-refractivity contribution in [3.63, 3.8) is 0 Å². The van der Waals surface area contributed by atoms with Crippen molar-refractivity contribution in [3.05, 3.63) is 0 Å². The van der Waals surface area contributed by atoms with Crippen LogP contribution >= 0.6 is 0 Å². The Bertz CT molecular complexity index is 272. The third kappa shape index (κ3) is 18.2. The zero-order chi connectivity index (χ0) is 18.3. The summed E-state index contributed by atoms with van der Waals surface area (Å²) in [7, 11) is 11.5. The first-order chi connectivity index (χ1) is 11.3. The zero-order valence-corrected chi connectivity index (χ0v) is 17.9. The Balaban J connectivity index is 3.36. The molecule has 0 aliphatic heterocycles. The summed E-state index contributed by atoms with van der Waals surface area (Å²) in [5.74, 6) is 0. The summed E-state index contributed by atoms with van der Waals surface area (Å²) in [6.45, 7) is 7.94. The van der Waals surface area contributed by atoms with Gasteiger partial charge in [-0.3, -0.25) is 0 Å². The molecular weight excluding hydrogens is 296 g/mol. The molecule has 0 spiro atoms. The van der Waals surface area contributed by atoms with E-state index < -0.39 is 0 Å². The van der Waals surface area contributed by atoms with Crippen molar-refractivity contribution in [2.45, 2.75) is 71.1 Å². The van der Waals surface area contributed by atoms with Crippen LogP contribution in [-0.4, -0.2) is 77.1 Å². The molecule has 0 amide bonds. The molecule has 3 heteroatoms. The highest BCUT2D eigenvalue weighted by atomic mass is 16.5. The standard InChI is InChI=1S/C21H48N2O/c1-7-8-9-10-11-12-13-14-20-24-21-16-19-23(5,6)18-15-17-22(2,3)4/h7-21H2,1-6H3/q+2. The minimum atomic E-state index is 0.938. The molecule has 0 aromatic heterocycles. The van der Waals surface area contributed by atoms with Crippen LogP contribution in [0.15, 0.2) is 0 Å². The van der Waals surface area contributed by atoms with E-state index in [4.69, 9.17) is 4.74 Å². The first-order valence-electron chi connectivity index (χ1n) is 10.5. The molecule has 3 nitrogen and oxygen atoms in total. The first-order valence-corrected chi connectivity index (χ1v) is 10.5. The zero-order valence-electron chi connectivity index (χ0n) is 17.9. The van der Waals surface area contributed by atoms with Gasteiger partial charge in [0.1, 0.15) is 0 Å². The van der Waals surface area contributed by atoms with Gasteiger partial charge < -0.3 is 13.7 Å². The number of quaternary nitrogens is 2. The molecule has 0 N–H and O–H groups in total. The number of nitrogens with zero attached hydrogens (tertiary/aromatic N) is 2. The maximum Gasteiger partial charge on any atom is 0.0836 e. The fraction of sp³-hybridized carbons (Fsp3) is 1.00. The van der Waals surface area contributed by atoms with E-state index in [9.17, 15) is 0 Å². The van der Waals surface area contributed by atoms with E-state index in [2.05, 4.69) is 42.2 Å². The molecular formula is C21H48N2O+2. The van der Waals surface area contributed by atoms with Gasteiger partial charge in [-0.2, -0.15) is 0 Å². The van der Waals surface area contributed by atoms with Crippen molar-refractivity contribution in [1.29, 1.82) is 0 Å². The first kappa shape index (κ1) is 23.9. The maximum absolute atomic E-state index is 5.82. The van der Waals surface area contributed by atoms with Gasteiger partial charge in [0.2, 0.25) is 0 Å². The summed E-state index contributed by atoms with van der Waals surface area (Å²) in [5, 5.41) is 0. The van der Waals surface area contributed by atoms with Gasteiger partial charge in [0.05, 0.1) is 61.5 Å². The quantitative estimate of drug-likeness (QED) is 0.274. The highest BCUT2D eigenvalue weighted by Gasteiger charge is 2.16. The maximum atomic E-state index is 5.82. The lowest BCUT2D eigenvalue weighted by molar-refractivity contribution is -0.902. The minimum absolute atomic E-state index is 0.938. The third-order valence-electron chi connectivity index (χ3n) is 4.79. The van der Waals surface area contributed by atoms with Gasteiger partial charge in [0.15, 0.2) is 0 Å². The predicted octanol–water partition coefficient (Wildman–Crippen LogP) is 4.71. The van der Waals surface area contributed by atoms with Gasteiger partial charge in [-0.1, -0.05) is 51.9 Å². The molecule has 0 saturated carbocycles. The lowest BCUT2D eigenvalue weighted by atomic mass is 10.1. The van der Waals surface area contributed by atoms with Crippen molar-refractivity contribution >= 4 is 0 Å². The van der Waals surface area contributed by atoms with E-state index in [0.29, 0.717) is 0 Å². The second-order valence-corrected chi connectivity index (χ2v) is 9.19. The van der Waals surface area contributed by atoms with Gasteiger partial charge in [0, 0.05) is 19.4 Å². The van der Waals surface area contributed by atoms with Crippen molar-refractivity contribution in [2.75, 3.05) is 68.1 Å². The van der Waals surface area contributed by atoms with Crippen LogP contribution in [0.25, 0.3) is 0 Å². The Labute approximate surface area is 153 Å². The highest BCUT2D eigenvalue weighted by molar-refractivity contribution is 4.46. The molecule has 0 heterocycles. The van der Waals surface area contributed by atoms with Crippen molar-refractivity contribution in [2.24, 2.45) is 0 Å². The van der Waals surface area contributed by atoms with E-state index in [-0.39, 0.29) is 0 Å². The van der Waals surface area contributed by atoms with Crippen LogP contribution in [-0.2, 0) is 4.74 Å². The second-order valence-electron chi connectivity index (χ2n) is 9.19. The third-order valence-corrected chi connectivity index (χ3v) is 4.79. The molecule has 0 bridgehead atoms. The monoisotopic (exact) mass is 344 g/mol. The molecule has 0 saturated heterocycles. The Morgan fingerprint density at radius 2 is 1.04 bits per heavy atom. The van der Waals surface area contributed by atoms with Crippen LogP contribution in [0.5, 0.6) is 0 Å². The van der Waals surface area contributed by atoms with E-state index in [1.54, 1.807) is 0 Å². The summed E-state index contributed by atoms with van der Waals surface area (Å²) in [6.07, 6.45) is 13.5. The summed E-state index contributed by atoms with van der Waals surface area (Å²) in [6, 6.07) is 0. The van der Waals surface area contributed by atoms with E-state index in [0.717, 1.165) is 22.2 Å². The lowest BCUT2D eigenvalue weighted by Crippen LogP contribution is -2.44. The number of ether oxygens (including phenoxy) is 1. The molecule has 0 aliphatic rings. The molecule has 0 unspecified atom stereocenters. The van der Waals surface area contributed by atoms with E-state index in [1.165, 1.54) is 83.8 Å². The predicted molar refractivity (Wildman–Crippen MR) is 107 cm³/mol. The van der Waals surface area contributed by atoms with Crippen LogP contribution in [0.2, 0.25) is 0 Å². The summed E-state index contributed by atoms with van der Waals surface area (Å²) < 4.78 is 8.02. The molecule has 0 rings (SSSR count). The number of hydrogen-bond acceptors (Lipinski definition) is 1. The Morgan fingerprint density at radius 1 is 0.542 bits per heavy atom. The average Bonchev–Trinajstić information content (AvgIpc) is 2.46. The van der Waals surface area contributed by atoms with Gasteiger partial charge in [-0.25, -0.2) is 0 Å². The SMILES string of the molecule is CCCCCCCCCCOCCC[N+](C)(C)CCC[N+](C)(C)C. The van der Waals surface area contributed by atoms with Gasteiger partial charge >= 0.3 is 0 Å². The lowest BCUT2D eigenvalue weighted by Gasteiger charge is -2.31. The summed E-state index contributed by atoms with van der Waals surface area (Å²) >= 11 is 0. The smallest absolute Gasteiger partial charge is 0.0836 e. The van der Waals surface area contributed by atoms with Crippen LogP contribution in [0.3, 0.4) is 0 Å². The summed E-state index contributed by atoms with van der Waals surface area (Å²) in [5.41, 5.74) is 0. The fourth-order valence-electron chi connectivity index (χ4n) is 3.12. The van der Waals surface area contributed by atoms with E-state index in [1.807, 2.05) is 0 Å².